The zero-order chi connectivity index (χ0) is 21.0. The highest BCUT2D eigenvalue weighted by Crippen LogP contribution is 2.22. The summed E-state index contributed by atoms with van der Waals surface area (Å²) in [5, 5.41) is 4.92. The molecule has 3 rings (SSSR count). The molecule has 0 aliphatic heterocycles. The number of halogens is 2. The lowest BCUT2D eigenvalue weighted by molar-refractivity contribution is -0.114. The number of anilines is 2. The summed E-state index contributed by atoms with van der Waals surface area (Å²) in [6.07, 6.45) is 0. The van der Waals surface area contributed by atoms with Gasteiger partial charge in [0.2, 0.25) is 5.91 Å². The van der Waals surface area contributed by atoms with Gasteiger partial charge in [0.15, 0.2) is 5.78 Å². The average Bonchev–Trinajstić information content (AvgIpc) is 2.70. The van der Waals surface area contributed by atoms with Crippen molar-refractivity contribution in [2.24, 2.45) is 0 Å². The van der Waals surface area contributed by atoms with Gasteiger partial charge in [0.25, 0.3) is 5.91 Å². The lowest BCUT2D eigenvalue weighted by atomic mass is 9.98. The van der Waals surface area contributed by atoms with E-state index in [9.17, 15) is 23.2 Å². The summed E-state index contributed by atoms with van der Waals surface area (Å²) in [5.74, 6) is -2.70. The molecule has 0 saturated carbocycles. The number of hydrogen-bond acceptors (Lipinski definition) is 3. The topological polar surface area (TPSA) is 75.3 Å². The molecule has 0 aromatic heterocycles. The number of hydrogen-bond donors (Lipinski definition) is 2. The van der Waals surface area contributed by atoms with Crippen LogP contribution in [0.4, 0.5) is 20.2 Å². The fourth-order valence-corrected chi connectivity index (χ4v) is 2.73. The fraction of sp³-hybridized carbons (Fsp3) is 0.0455. The summed E-state index contributed by atoms with van der Waals surface area (Å²) in [6, 6.07) is 14.7. The Kier molecular flexibility index (Phi) is 5.78. The van der Waals surface area contributed by atoms with E-state index in [1.165, 1.54) is 43.3 Å². The highest BCUT2D eigenvalue weighted by atomic mass is 19.1. The van der Waals surface area contributed by atoms with Gasteiger partial charge in [0, 0.05) is 23.7 Å². The average molecular weight is 394 g/mol. The van der Waals surface area contributed by atoms with Gasteiger partial charge in [-0.15, -0.1) is 0 Å². The summed E-state index contributed by atoms with van der Waals surface area (Å²) in [6.45, 7) is 1.30. The van der Waals surface area contributed by atoms with Crippen LogP contribution in [0.5, 0.6) is 0 Å². The standard InChI is InChI=1S/C22H16F2N2O3/c1-13(27)25-16-10-11-19(24)20(12-16)26-22(29)18-5-3-2-4-17(18)21(28)14-6-8-15(23)9-7-14/h2-12H,1H3,(H,25,27)(H,26,29). The summed E-state index contributed by atoms with van der Waals surface area (Å²) >= 11 is 0. The van der Waals surface area contributed by atoms with Gasteiger partial charge in [-0.25, -0.2) is 8.78 Å². The number of ketones is 1. The number of nitrogens with one attached hydrogen (secondary N) is 2. The molecule has 0 aliphatic rings. The fourth-order valence-electron chi connectivity index (χ4n) is 2.73. The summed E-state index contributed by atoms with van der Waals surface area (Å²) < 4.78 is 27.2. The minimum absolute atomic E-state index is 0.0335. The molecule has 7 heteroatoms. The summed E-state index contributed by atoms with van der Waals surface area (Å²) in [4.78, 5) is 36.7. The minimum Gasteiger partial charge on any atom is -0.326 e. The Morgan fingerprint density at radius 3 is 2.10 bits per heavy atom. The molecule has 0 unspecified atom stereocenters. The molecular formula is C22H16F2N2O3. The molecule has 3 aromatic rings. The van der Waals surface area contributed by atoms with E-state index in [4.69, 9.17) is 0 Å². The van der Waals surface area contributed by atoms with Crippen molar-refractivity contribution >= 4 is 29.0 Å². The van der Waals surface area contributed by atoms with E-state index in [0.717, 1.165) is 18.2 Å². The van der Waals surface area contributed by atoms with Crippen molar-refractivity contribution in [3.8, 4) is 0 Å². The lowest BCUT2D eigenvalue weighted by Crippen LogP contribution is -2.18. The van der Waals surface area contributed by atoms with E-state index in [-0.39, 0.29) is 28.3 Å². The molecule has 3 aromatic carbocycles. The van der Waals surface area contributed by atoms with Crippen LogP contribution in [0.1, 0.15) is 33.2 Å². The predicted molar refractivity (Wildman–Crippen MR) is 105 cm³/mol. The van der Waals surface area contributed by atoms with Gasteiger partial charge in [-0.1, -0.05) is 18.2 Å². The normalized spacial score (nSPS) is 10.3. The molecule has 29 heavy (non-hydrogen) atoms. The molecule has 0 bridgehead atoms. The number of rotatable bonds is 5. The van der Waals surface area contributed by atoms with Crippen molar-refractivity contribution in [1.82, 2.24) is 0 Å². The van der Waals surface area contributed by atoms with Crippen LogP contribution in [-0.4, -0.2) is 17.6 Å². The number of carbonyl (C=O) groups excluding carboxylic acids is 3. The molecule has 0 aliphatic carbocycles. The van der Waals surface area contributed by atoms with Crippen molar-refractivity contribution in [2.75, 3.05) is 10.6 Å². The quantitative estimate of drug-likeness (QED) is 0.630. The second kappa shape index (κ2) is 8.43. The molecular weight excluding hydrogens is 378 g/mol. The van der Waals surface area contributed by atoms with Crippen molar-refractivity contribution in [3.63, 3.8) is 0 Å². The third-order valence-electron chi connectivity index (χ3n) is 4.06. The Balaban J connectivity index is 1.90. The smallest absolute Gasteiger partial charge is 0.256 e. The van der Waals surface area contributed by atoms with Crippen LogP contribution in [0.25, 0.3) is 0 Å². The van der Waals surface area contributed by atoms with Gasteiger partial charge in [-0.2, -0.15) is 0 Å². The maximum atomic E-state index is 14.1. The zero-order valence-corrected chi connectivity index (χ0v) is 15.3. The Morgan fingerprint density at radius 2 is 1.45 bits per heavy atom. The monoisotopic (exact) mass is 394 g/mol. The number of amides is 2. The van der Waals surface area contributed by atoms with Crippen LogP contribution in [0, 0.1) is 11.6 Å². The maximum absolute atomic E-state index is 14.1. The Bertz CT molecular complexity index is 1100. The van der Waals surface area contributed by atoms with Crippen LogP contribution in [0.3, 0.4) is 0 Å². The second-order valence-electron chi connectivity index (χ2n) is 6.21. The van der Waals surface area contributed by atoms with Crippen LogP contribution in [-0.2, 0) is 4.79 Å². The Hall–Kier alpha value is -3.87. The van der Waals surface area contributed by atoms with Crippen LogP contribution in [0.15, 0.2) is 66.7 Å². The third kappa shape index (κ3) is 4.70. The van der Waals surface area contributed by atoms with E-state index in [0.29, 0.717) is 5.69 Å². The SMILES string of the molecule is CC(=O)Nc1ccc(F)c(NC(=O)c2ccccc2C(=O)c2ccc(F)cc2)c1. The van der Waals surface area contributed by atoms with Gasteiger partial charge >= 0.3 is 0 Å². The minimum atomic E-state index is -0.699. The molecule has 2 N–H and O–H groups in total. The Labute approximate surface area is 165 Å². The summed E-state index contributed by atoms with van der Waals surface area (Å²) in [5.41, 5.74) is 0.502. The van der Waals surface area contributed by atoms with Crippen molar-refractivity contribution < 1.29 is 23.2 Å². The molecule has 2 amide bonds. The van der Waals surface area contributed by atoms with Crippen LogP contribution >= 0.6 is 0 Å². The predicted octanol–water partition coefficient (Wildman–Crippen LogP) is 4.41. The van der Waals surface area contributed by atoms with Crippen molar-refractivity contribution in [2.45, 2.75) is 6.92 Å². The van der Waals surface area contributed by atoms with Gasteiger partial charge in [-0.3, -0.25) is 14.4 Å². The number of carbonyl (C=O) groups is 3. The zero-order valence-electron chi connectivity index (χ0n) is 15.3. The molecule has 5 nitrogen and oxygen atoms in total. The van der Waals surface area contributed by atoms with Crippen LogP contribution < -0.4 is 10.6 Å². The van der Waals surface area contributed by atoms with Gasteiger partial charge in [0.1, 0.15) is 11.6 Å². The molecule has 0 fully saturated rings. The molecule has 146 valence electrons. The van der Waals surface area contributed by atoms with Crippen LogP contribution in [0.2, 0.25) is 0 Å². The summed E-state index contributed by atoms with van der Waals surface area (Å²) in [7, 11) is 0. The molecule has 0 radical (unpaired) electrons. The van der Waals surface area contributed by atoms with Crippen molar-refractivity contribution in [1.29, 1.82) is 0 Å². The van der Waals surface area contributed by atoms with E-state index in [1.54, 1.807) is 12.1 Å². The van der Waals surface area contributed by atoms with E-state index in [2.05, 4.69) is 10.6 Å². The maximum Gasteiger partial charge on any atom is 0.256 e. The molecule has 0 atom stereocenters. The van der Waals surface area contributed by atoms with E-state index in [1.807, 2.05) is 0 Å². The number of benzene rings is 3. The molecule has 0 spiro atoms. The highest BCUT2D eigenvalue weighted by molar-refractivity contribution is 6.17. The van der Waals surface area contributed by atoms with Crippen molar-refractivity contribution in [3.05, 3.63) is 95.1 Å². The first-order valence-electron chi connectivity index (χ1n) is 8.63. The first-order valence-corrected chi connectivity index (χ1v) is 8.63. The Morgan fingerprint density at radius 1 is 0.793 bits per heavy atom. The van der Waals surface area contributed by atoms with Gasteiger partial charge < -0.3 is 10.6 Å². The van der Waals surface area contributed by atoms with E-state index >= 15 is 0 Å². The largest absolute Gasteiger partial charge is 0.326 e. The highest BCUT2D eigenvalue weighted by Gasteiger charge is 2.19. The third-order valence-corrected chi connectivity index (χ3v) is 4.06. The molecule has 0 saturated heterocycles. The first-order chi connectivity index (χ1) is 13.8. The lowest BCUT2D eigenvalue weighted by Gasteiger charge is -2.12. The first kappa shape index (κ1) is 19.9. The van der Waals surface area contributed by atoms with Gasteiger partial charge in [0.05, 0.1) is 11.3 Å². The van der Waals surface area contributed by atoms with E-state index < -0.39 is 23.3 Å². The molecule has 0 heterocycles. The van der Waals surface area contributed by atoms with Gasteiger partial charge in [-0.05, 0) is 48.5 Å². The second-order valence-corrected chi connectivity index (χ2v) is 6.21.